The minimum atomic E-state index is -0.949. The average molecular weight is 349 g/mol. The number of ether oxygens (including phenoxy) is 1. The summed E-state index contributed by atoms with van der Waals surface area (Å²) in [6.07, 6.45) is 0. The van der Waals surface area contributed by atoms with Gasteiger partial charge in [-0.05, 0) is 19.1 Å². The van der Waals surface area contributed by atoms with Gasteiger partial charge in [0.05, 0.1) is 17.2 Å². The van der Waals surface area contributed by atoms with E-state index in [1.807, 2.05) is 0 Å². The zero-order valence-electron chi connectivity index (χ0n) is 13.3. The first-order valence-corrected chi connectivity index (χ1v) is 7.81. The van der Waals surface area contributed by atoms with E-state index < -0.39 is 16.7 Å². The predicted molar refractivity (Wildman–Crippen MR) is 89.5 cm³/mol. The summed E-state index contributed by atoms with van der Waals surface area (Å²) < 4.78 is 4.76. The van der Waals surface area contributed by atoms with Crippen molar-refractivity contribution in [3.63, 3.8) is 0 Å². The quantitative estimate of drug-likeness (QED) is 0.259. The molecule has 0 atom stereocenters. The Morgan fingerprint density at radius 1 is 1.29 bits per heavy atom. The zero-order valence-corrected chi connectivity index (χ0v) is 14.1. The SMILES string of the molecule is CCOC(=O)C(=O)c1sc(N(C)C)nc1-c1ccc([N+](=O)[O-])cc1. The van der Waals surface area contributed by atoms with Crippen LogP contribution < -0.4 is 4.90 Å². The monoisotopic (exact) mass is 349 g/mol. The second kappa shape index (κ2) is 7.18. The third-order valence-electron chi connectivity index (χ3n) is 3.02. The number of hydrogen-bond donors (Lipinski definition) is 0. The summed E-state index contributed by atoms with van der Waals surface area (Å²) in [5.74, 6) is -1.73. The van der Waals surface area contributed by atoms with Gasteiger partial charge < -0.3 is 9.64 Å². The average Bonchev–Trinajstić information content (AvgIpc) is 3.00. The van der Waals surface area contributed by atoms with Gasteiger partial charge in [-0.15, -0.1) is 0 Å². The molecule has 0 N–H and O–H groups in total. The van der Waals surface area contributed by atoms with Crippen LogP contribution >= 0.6 is 11.3 Å². The van der Waals surface area contributed by atoms with E-state index >= 15 is 0 Å². The van der Waals surface area contributed by atoms with Crippen LogP contribution in [0, 0.1) is 10.1 Å². The minimum Gasteiger partial charge on any atom is -0.460 e. The number of anilines is 1. The number of rotatable bonds is 6. The molecular weight excluding hydrogens is 334 g/mol. The van der Waals surface area contributed by atoms with Crippen LogP contribution in [0.1, 0.15) is 16.6 Å². The van der Waals surface area contributed by atoms with Crippen LogP contribution in [0.25, 0.3) is 11.3 Å². The molecule has 0 bridgehead atoms. The molecule has 8 nitrogen and oxygen atoms in total. The maximum atomic E-state index is 12.3. The normalized spacial score (nSPS) is 10.3. The summed E-state index contributed by atoms with van der Waals surface area (Å²) in [6, 6.07) is 5.63. The van der Waals surface area contributed by atoms with Crippen LogP contribution in [0.3, 0.4) is 0 Å². The van der Waals surface area contributed by atoms with E-state index in [0.717, 1.165) is 11.3 Å². The summed E-state index contributed by atoms with van der Waals surface area (Å²) in [7, 11) is 3.52. The van der Waals surface area contributed by atoms with Gasteiger partial charge in [-0.2, -0.15) is 0 Å². The fourth-order valence-electron chi connectivity index (χ4n) is 1.88. The molecule has 0 radical (unpaired) electrons. The van der Waals surface area contributed by atoms with Crippen molar-refractivity contribution in [1.29, 1.82) is 0 Å². The Morgan fingerprint density at radius 2 is 1.92 bits per heavy atom. The van der Waals surface area contributed by atoms with Crippen molar-refractivity contribution in [3.8, 4) is 11.3 Å². The number of benzene rings is 1. The number of hydrogen-bond acceptors (Lipinski definition) is 8. The fraction of sp³-hybridized carbons (Fsp3) is 0.267. The maximum absolute atomic E-state index is 12.3. The Bertz CT molecular complexity index is 783. The lowest BCUT2D eigenvalue weighted by molar-refractivity contribution is -0.384. The topological polar surface area (TPSA) is 103 Å². The Morgan fingerprint density at radius 3 is 2.42 bits per heavy atom. The third-order valence-corrected chi connectivity index (χ3v) is 4.24. The number of carbonyl (C=O) groups excluding carboxylic acids is 2. The number of thiazole rings is 1. The molecule has 126 valence electrons. The van der Waals surface area contributed by atoms with Crippen LogP contribution in [0.4, 0.5) is 10.8 Å². The molecule has 0 aliphatic rings. The van der Waals surface area contributed by atoms with E-state index in [9.17, 15) is 19.7 Å². The summed E-state index contributed by atoms with van der Waals surface area (Å²) >= 11 is 1.07. The van der Waals surface area contributed by atoms with Gasteiger partial charge in [0.1, 0.15) is 4.88 Å². The molecule has 0 unspecified atom stereocenters. The summed E-state index contributed by atoms with van der Waals surface area (Å²) in [5.41, 5.74) is 0.745. The standard InChI is InChI=1S/C15H15N3O5S/c1-4-23-14(20)12(19)13-11(16-15(24-13)17(2)3)9-5-7-10(8-6-9)18(21)22/h5-8H,4H2,1-3H3. The molecule has 0 aliphatic carbocycles. The first-order valence-electron chi connectivity index (χ1n) is 6.99. The molecule has 0 saturated carbocycles. The minimum absolute atomic E-state index is 0.0694. The predicted octanol–water partition coefficient (Wildman–Crippen LogP) is 2.53. The van der Waals surface area contributed by atoms with Crippen molar-refractivity contribution < 1.29 is 19.2 Å². The van der Waals surface area contributed by atoms with E-state index in [4.69, 9.17) is 4.74 Å². The highest BCUT2D eigenvalue weighted by atomic mass is 32.1. The number of nitro groups is 1. The Balaban J connectivity index is 2.49. The number of nitro benzene ring substituents is 1. The van der Waals surface area contributed by atoms with Crippen LogP contribution in [-0.2, 0) is 9.53 Å². The van der Waals surface area contributed by atoms with Crippen molar-refractivity contribution >= 4 is 33.9 Å². The molecule has 0 saturated heterocycles. The number of nitrogens with zero attached hydrogens (tertiary/aromatic N) is 3. The van der Waals surface area contributed by atoms with Gasteiger partial charge in [-0.25, -0.2) is 9.78 Å². The Kier molecular flexibility index (Phi) is 5.24. The fourth-order valence-corrected chi connectivity index (χ4v) is 2.82. The number of aromatic nitrogens is 1. The van der Waals surface area contributed by atoms with E-state index in [2.05, 4.69) is 4.98 Å². The second-order valence-electron chi connectivity index (χ2n) is 4.92. The molecule has 2 rings (SSSR count). The van der Waals surface area contributed by atoms with Gasteiger partial charge in [-0.3, -0.25) is 14.9 Å². The lowest BCUT2D eigenvalue weighted by Gasteiger charge is -2.05. The van der Waals surface area contributed by atoms with E-state index in [1.165, 1.54) is 24.3 Å². The Hall–Kier alpha value is -2.81. The molecule has 0 fully saturated rings. The molecule has 2 aromatic rings. The molecule has 9 heteroatoms. The van der Waals surface area contributed by atoms with E-state index in [0.29, 0.717) is 16.4 Å². The highest BCUT2D eigenvalue weighted by Crippen LogP contribution is 2.33. The van der Waals surface area contributed by atoms with Gasteiger partial charge >= 0.3 is 5.97 Å². The van der Waals surface area contributed by atoms with E-state index in [1.54, 1.807) is 25.9 Å². The number of carbonyl (C=O) groups is 2. The molecule has 0 aliphatic heterocycles. The van der Waals surface area contributed by atoms with E-state index in [-0.39, 0.29) is 17.2 Å². The van der Waals surface area contributed by atoms with Gasteiger partial charge in [0, 0.05) is 31.8 Å². The van der Waals surface area contributed by atoms with Gasteiger partial charge in [0.15, 0.2) is 5.13 Å². The molecule has 1 heterocycles. The lowest BCUT2D eigenvalue weighted by Crippen LogP contribution is -2.17. The summed E-state index contributed by atoms with van der Waals surface area (Å²) in [6.45, 7) is 1.71. The van der Waals surface area contributed by atoms with Crippen LogP contribution in [0.2, 0.25) is 0 Å². The molecule has 0 spiro atoms. The lowest BCUT2D eigenvalue weighted by atomic mass is 10.1. The molecular formula is C15H15N3O5S. The maximum Gasteiger partial charge on any atom is 0.380 e. The first kappa shape index (κ1) is 17.5. The molecule has 24 heavy (non-hydrogen) atoms. The second-order valence-corrected chi connectivity index (χ2v) is 5.90. The van der Waals surface area contributed by atoms with Crippen molar-refractivity contribution in [2.75, 3.05) is 25.6 Å². The van der Waals surface area contributed by atoms with Crippen molar-refractivity contribution in [3.05, 3.63) is 39.3 Å². The van der Waals surface area contributed by atoms with Crippen molar-refractivity contribution in [2.24, 2.45) is 0 Å². The Labute approximate surface area is 141 Å². The number of esters is 1. The van der Waals surface area contributed by atoms with Crippen molar-refractivity contribution in [1.82, 2.24) is 4.98 Å². The molecule has 1 aromatic heterocycles. The molecule has 0 amide bonds. The van der Waals surface area contributed by atoms with Crippen LogP contribution in [0.5, 0.6) is 0 Å². The zero-order chi connectivity index (χ0) is 17.9. The van der Waals surface area contributed by atoms with Gasteiger partial charge in [0.25, 0.3) is 11.5 Å². The number of Topliss-reactive ketones (excluding diaryl/α,β-unsaturated/α-hetero) is 1. The smallest absolute Gasteiger partial charge is 0.380 e. The first-order chi connectivity index (χ1) is 11.3. The number of non-ortho nitro benzene ring substituents is 1. The summed E-state index contributed by atoms with van der Waals surface area (Å²) in [5, 5.41) is 11.3. The van der Waals surface area contributed by atoms with Gasteiger partial charge in [-0.1, -0.05) is 11.3 Å². The van der Waals surface area contributed by atoms with Crippen LogP contribution in [-0.4, -0.2) is 42.4 Å². The highest BCUT2D eigenvalue weighted by Gasteiger charge is 2.26. The molecule has 1 aromatic carbocycles. The van der Waals surface area contributed by atoms with Crippen LogP contribution in [0.15, 0.2) is 24.3 Å². The number of ketones is 1. The third kappa shape index (κ3) is 3.57. The highest BCUT2D eigenvalue weighted by molar-refractivity contribution is 7.18. The van der Waals surface area contributed by atoms with Crippen molar-refractivity contribution in [2.45, 2.75) is 6.92 Å². The van der Waals surface area contributed by atoms with Gasteiger partial charge in [0.2, 0.25) is 0 Å². The summed E-state index contributed by atoms with van der Waals surface area (Å²) in [4.78, 5) is 40.5. The largest absolute Gasteiger partial charge is 0.460 e.